The number of ketones is 1. The summed E-state index contributed by atoms with van der Waals surface area (Å²) in [6.45, 7) is 25.6. The van der Waals surface area contributed by atoms with E-state index < -0.39 is 16.6 Å². The van der Waals surface area contributed by atoms with Gasteiger partial charge in [-0.2, -0.15) is 0 Å². The molecule has 2 fully saturated rings. The van der Waals surface area contributed by atoms with Gasteiger partial charge in [0.2, 0.25) is 0 Å². The summed E-state index contributed by atoms with van der Waals surface area (Å²) in [4.78, 5) is 13.1. The van der Waals surface area contributed by atoms with Crippen molar-refractivity contribution in [1.29, 1.82) is 0 Å². The van der Waals surface area contributed by atoms with Crippen LogP contribution in [0.5, 0.6) is 0 Å². The lowest BCUT2D eigenvalue weighted by Crippen LogP contribution is -2.55. The molecule has 0 N–H and O–H groups in total. The van der Waals surface area contributed by atoms with E-state index >= 15 is 0 Å². The molecule has 29 heavy (non-hydrogen) atoms. The van der Waals surface area contributed by atoms with E-state index in [-0.39, 0.29) is 33.6 Å². The summed E-state index contributed by atoms with van der Waals surface area (Å²) in [7, 11) is -3.73. The summed E-state index contributed by atoms with van der Waals surface area (Å²) >= 11 is 0. The van der Waals surface area contributed by atoms with Gasteiger partial charge in [-0.1, -0.05) is 48.5 Å². The maximum absolute atomic E-state index is 13.1. The van der Waals surface area contributed by atoms with Gasteiger partial charge in [0.25, 0.3) is 0 Å². The zero-order valence-electron chi connectivity index (χ0n) is 21.2. The van der Waals surface area contributed by atoms with Crippen molar-refractivity contribution in [1.82, 2.24) is 0 Å². The Labute approximate surface area is 183 Å². The fourth-order valence-electron chi connectivity index (χ4n) is 4.45. The number of carbonyl (C=O) groups excluding carboxylic acids is 1. The zero-order chi connectivity index (χ0) is 22.5. The lowest BCUT2D eigenvalue weighted by molar-refractivity contribution is -0.135. The number of fused-ring (bicyclic) bond motifs is 2. The van der Waals surface area contributed by atoms with E-state index in [9.17, 15) is 4.79 Å². The summed E-state index contributed by atoms with van der Waals surface area (Å²) in [6.07, 6.45) is 6.08. The third-order valence-corrected chi connectivity index (χ3v) is 17.7. The maximum Gasteiger partial charge on any atom is 0.192 e. The minimum Gasteiger partial charge on any atom is -0.413 e. The first-order chi connectivity index (χ1) is 12.9. The van der Waals surface area contributed by atoms with Crippen molar-refractivity contribution in [2.24, 2.45) is 11.3 Å². The van der Waals surface area contributed by atoms with Crippen LogP contribution >= 0.6 is 0 Å². The molecule has 4 atom stereocenters. The number of hydrogen-bond donors (Lipinski definition) is 0. The van der Waals surface area contributed by atoms with Crippen LogP contribution in [0.15, 0.2) is 0 Å². The highest BCUT2D eigenvalue weighted by atomic mass is 28.4. The second-order valence-corrected chi connectivity index (χ2v) is 22.7. The molecule has 2 bridgehead atoms. The molecule has 0 aromatic carbocycles. The van der Waals surface area contributed by atoms with Gasteiger partial charge >= 0.3 is 0 Å². The first-order valence-electron chi connectivity index (χ1n) is 11.8. The predicted molar refractivity (Wildman–Crippen MR) is 128 cm³/mol. The molecule has 0 aromatic heterocycles. The number of Topliss-reactive ketones (excluding diaryl/α,β-unsaturated/α-hetero) is 1. The van der Waals surface area contributed by atoms with Crippen LogP contribution < -0.4 is 0 Å². The molecule has 3 nitrogen and oxygen atoms in total. The molecule has 0 heterocycles. The van der Waals surface area contributed by atoms with Crippen LogP contribution in [0.25, 0.3) is 0 Å². The van der Waals surface area contributed by atoms with Gasteiger partial charge in [0.1, 0.15) is 5.78 Å². The van der Waals surface area contributed by atoms with Crippen molar-refractivity contribution in [3.05, 3.63) is 0 Å². The minimum absolute atomic E-state index is 0.0497. The van der Waals surface area contributed by atoms with E-state index in [1.807, 2.05) is 0 Å². The Morgan fingerprint density at radius 2 is 1.41 bits per heavy atom. The zero-order valence-corrected chi connectivity index (χ0v) is 23.2. The van der Waals surface area contributed by atoms with Gasteiger partial charge in [0, 0.05) is 12.3 Å². The summed E-state index contributed by atoms with van der Waals surface area (Å²) < 4.78 is 13.8. The summed E-state index contributed by atoms with van der Waals surface area (Å²) in [5.74, 6) is 0.485. The second kappa shape index (κ2) is 8.18. The predicted octanol–water partition coefficient (Wildman–Crippen LogP) is 7.33. The van der Waals surface area contributed by atoms with Crippen LogP contribution in [0.1, 0.15) is 87.0 Å². The van der Waals surface area contributed by atoms with Gasteiger partial charge in [-0.05, 0) is 73.8 Å². The van der Waals surface area contributed by atoms with Crippen molar-refractivity contribution < 1.29 is 13.6 Å². The third kappa shape index (κ3) is 5.45. The van der Waals surface area contributed by atoms with Crippen LogP contribution in [-0.2, 0) is 13.6 Å². The van der Waals surface area contributed by atoms with Crippen molar-refractivity contribution in [3.8, 4) is 0 Å². The Kier molecular flexibility index (Phi) is 7.13. The molecular formula is C24H48O3Si2. The molecule has 0 aliphatic heterocycles. The van der Waals surface area contributed by atoms with Gasteiger partial charge in [-0.25, -0.2) is 0 Å². The molecule has 0 radical (unpaired) electrons. The monoisotopic (exact) mass is 440 g/mol. The van der Waals surface area contributed by atoms with E-state index in [4.69, 9.17) is 8.85 Å². The minimum atomic E-state index is -1.89. The quantitative estimate of drug-likeness (QED) is 0.429. The van der Waals surface area contributed by atoms with Gasteiger partial charge < -0.3 is 8.85 Å². The Morgan fingerprint density at radius 1 is 0.897 bits per heavy atom. The molecule has 0 spiro atoms. The lowest BCUT2D eigenvalue weighted by atomic mass is 9.63. The average molecular weight is 441 g/mol. The molecule has 0 unspecified atom stereocenters. The van der Waals surface area contributed by atoms with Gasteiger partial charge in [0.05, 0.1) is 12.2 Å². The molecule has 2 aliphatic carbocycles. The molecule has 2 aliphatic rings. The molecule has 2 rings (SSSR count). The number of rotatable bonds is 4. The van der Waals surface area contributed by atoms with E-state index in [1.165, 1.54) is 0 Å². The van der Waals surface area contributed by atoms with Crippen molar-refractivity contribution in [2.75, 3.05) is 0 Å². The van der Waals surface area contributed by atoms with E-state index in [0.717, 1.165) is 32.1 Å². The Morgan fingerprint density at radius 3 is 1.93 bits per heavy atom. The smallest absolute Gasteiger partial charge is 0.192 e. The second-order valence-electron chi connectivity index (χ2n) is 13.1. The SMILES string of the molecule is CC(C)(C)[Si](C)(C)O[C@H]1CC[C@@]2(C)C[C@@H]1C(=O)CCC[C@@H]2O[Si](C)(C)C(C)(C)C. The standard InChI is InChI=1S/C24H48O3Si2/c1-22(2,3)28(8,9)26-20-15-16-24(7)17-18(20)19(25)13-12-14-21(24)27-29(10,11)23(4,5)6/h18,20-21H,12-17H2,1-11H3/t18-,20+,21+,24+/m1/s1. The van der Waals surface area contributed by atoms with Crippen molar-refractivity contribution in [2.45, 2.75) is 135 Å². The van der Waals surface area contributed by atoms with Crippen LogP contribution in [0.2, 0.25) is 36.3 Å². The molecule has 170 valence electrons. The highest BCUT2D eigenvalue weighted by molar-refractivity contribution is 6.74. The van der Waals surface area contributed by atoms with Crippen LogP contribution in [0.4, 0.5) is 0 Å². The van der Waals surface area contributed by atoms with E-state index in [0.29, 0.717) is 12.2 Å². The Bertz CT molecular complexity index is 600. The molecule has 0 saturated heterocycles. The first kappa shape index (κ1) is 25.3. The van der Waals surface area contributed by atoms with Gasteiger partial charge in [-0.15, -0.1) is 0 Å². The summed E-state index contributed by atoms with van der Waals surface area (Å²) in [5, 5.41) is 0.385. The van der Waals surface area contributed by atoms with E-state index in [1.54, 1.807) is 0 Å². The Balaban J connectivity index is 2.25. The molecule has 5 heteroatoms. The van der Waals surface area contributed by atoms with Crippen LogP contribution in [0, 0.1) is 11.3 Å². The average Bonchev–Trinajstić information content (AvgIpc) is 2.52. The summed E-state index contributed by atoms with van der Waals surface area (Å²) in [5.41, 5.74) is 0.0869. The largest absolute Gasteiger partial charge is 0.413 e. The molecular weight excluding hydrogens is 392 g/mol. The van der Waals surface area contributed by atoms with Gasteiger partial charge in [0.15, 0.2) is 16.6 Å². The molecule has 0 amide bonds. The van der Waals surface area contributed by atoms with Crippen molar-refractivity contribution >= 4 is 22.4 Å². The van der Waals surface area contributed by atoms with Crippen molar-refractivity contribution in [3.63, 3.8) is 0 Å². The highest BCUT2D eigenvalue weighted by Crippen LogP contribution is 2.51. The number of carbonyl (C=O) groups is 1. The fraction of sp³-hybridized carbons (Fsp3) is 0.958. The third-order valence-electron chi connectivity index (χ3n) is 8.71. The van der Waals surface area contributed by atoms with Crippen LogP contribution in [-0.4, -0.2) is 34.6 Å². The topological polar surface area (TPSA) is 35.5 Å². The number of hydrogen-bond acceptors (Lipinski definition) is 3. The first-order valence-corrected chi connectivity index (χ1v) is 17.6. The fourth-order valence-corrected chi connectivity index (χ4v) is 7.31. The lowest BCUT2D eigenvalue weighted by Gasteiger charge is -2.52. The highest BCUT2D eigenvalue weighted by Gasteiger charge is 2.51. The molecule has 2 saturated carbocycles. The molecule has 0 aromatic rings. The van der Waals surface area contributed by atoms with E-state index in [2.05, 4.69) is 74.7 Å². The van der Waals surface area contributed by atoms with Gasteiger partial charge in [-0.3, -0.25) is 4.79 Å². The normalized spacial score (nSPS) is 32.7. The van der Waals surface area contributed by atoms with Crippen LogP contribution in [0.3, 0.4) is 0 Å². The Hall–Kier alpha value is 0.0238. The summed E-state index contributed by atoms with van der Waals surface area (Å²) in [6, 6.07) is 0. The maximum atomic E-state index is 13.1.